The Labute approximate surface area is 113 Å². The molecule has 0 spiro atoms. The van der Waals surface area contributed by atoms with Gasteiger partial charge in [-0.2, -0.15) is 0 Å². The maximum absolute atomic E-state index is 5.62. The van der Waals surface area contributed by atoms with Gasteiger partial charge in [0.25, 0.3) is 0 Å². The van der Waals surface area contributed by atoms with Crippen LogP contribution in [0.15, 0.2) is 36.4 Å². The van der Waals surface area contributed by atoms with Gasteiger partial charge >= 0.3 is 0 Å². The van der Waals surface area contributed by atoms with E-state index in [9.17, 15) is 0 Å². The zero-order valence-corrected chi connectivity index (χ0v) is 11.5. The second-order valence-corrected chi connectivity index (χ2v) is 5.33. The fourth-order valence-electron chi connectivity index (χ4n) is 2.50. The molecule has 0 radical (unpaired) electrons. The molecule has 0 bridgehead atoms. The molecule has 3 heteroatoms. The smallest absolute Gasteiger partial charge is 0.114 e. The molecule has 0 N–H and O–H groups in total. The van der Waals surface area contributed by atoms with Gasteiger partial charge in [0, 0.05) is 24.0 Å². The van der Waals surface area contributed by atoms with Crippen molar-refractivity contribution in [3.05, 3.63) is 42.0 Å². The Kier molecular flexibility index (Phi) is 2.80. The van der Waals surface area contributed by atoms with Gasteiger partial charge in [0.2, 0.25) is 0 Å². The van der Waals surface area contributed by atoms with Crippen LogP contribution in [0.2, 0.25) is 0 Å². The molecule has 0 aromatic heterocycles. The Morgan fingerprint density at radius 3 is 2.56 bits per heavy atom. The largest absolute Gasteiger partial charge is 0.330 e. The monoisotopic (exact) mass is 256 g/mol. The van der Waals surface area contributed by atoms with Gasteiger partial charge in [0.15, 0.2) is 0 Å². The third-order valence-corrected chi connectivity index (χ3v) is 3.86. The Morgan fingerprint density at radius 2 is 1.83 bits per heavy atom. The SMILES string of the molecule is CN(C)CCN1C(=S)c2cccc3cccc1c23. The van der Waals surface area contributed by atoms with Crippen LogP contribution in [0.3, 0.4) is 0 Å². The lowest BCUT2D eigenvalue weighted by molar-refractivity contribution is 0.420. The Bertz CT molecular complexity index is 614. The van der Waals surface area contributed by atoms with Crippen molar-refractivity contribution >= 4 is 33.7 Å². The summed E-state index contributed by atoms with van der Waals surface area (Å²) in [6, 6.07) is 12.8. The van der Waals surface area contributed by atoms with Crippen molar-refractivity contribution in [1.82, 2.24) is 4.90 Å². The van der Waals surface area contributed by atoms with E-state index in [1.54, 1.807) is 0 Å². The number of likely N-dealkylation sites (N-methyl/N-ethyl adjacent to an activating group) is 1. The summed E-state index contributed by atoms with van der Waals surface area (Å²) in [5, 5.41) is 2.59. The van der Waals surface area contributed by atoms with Gasteiger partial charge in [-0.05, 0) is 25.5 Å². The summed E-state index contributed by atoms with van der Waals surface area (Å²) in [7, 11) is 4.18. The van der Waals surface area contributed by atoms with Crippen molar-refractivity contribution in [3.63, 3.8) is 0 Å². The summed E-state index contributed by atoms with van der Waals surface area (Å²) in [4.78, 5) is 5.40. The van der Waals surface area contributed by atoms with Crippen LogP contribution in [-0.2, 0) is 0 Å². The number of rotatable bonds is 3. The lowest BCUT2D eigenvalue weighted by Crippen LogP contribution is -2.33. The molecular formula is C15H16N2S. The number of hydrogen-bond acceptors (Lipinski definition) is 2. The fraction of sp³-hybridized carbons (Fsp3) is 0.267. The minimum absolute atomic E-state index is 0.944. The minimum atomic E-state index is 0.944. The second-order valence-electron chi connectivity index (χ2n) is 4.94. The summed E-state index contributed by atoms with van der Waals surface area (Å²) in [5.41, 5.74) is 2.46. The van der Waals surface area contributed by atoms with Crippen LogP contribution < -0.4 is 4.90 Å². The van der Waals surface area contributed by atoms with E-state index in [0.717, 1.165) is 18.1 Å². The maximum atomic E-state index is 5.62. The molecule has 2 nitrogen and oxygen atoms in total. The molecule has 0 aliphatic carbocycles. The van der Waals surface area contributed by atoms with E-state index < -0.39 is 0 Å². The van der Waals surface area contributed by atoms with Crippen molar-refractivity contribution in [2.24, 2.45) is 0 Å². The highest BCUT2D eigenvalue weighted by Gasteiger charge is 2.25. The normalized spacial score (nSPS) is 13.9. The van der Waals surface area contributed by atoms with Crippen LogP contribution >= 0.6 is 12.2 Å². The Balaban J connectivity index is 2.08. The highest BCUT2D eigenvalue weighted by atomic mass is 32.1. The lowest BCUT2D eigenvalue weighted by Gasteiger charge is -2.22. The summed E-state index contributed by atoms with van der Waals surface area (Å²) >= 11 is 5.62. The zero-order chi connectivity index (χ0) is 12.7. The third-order valence-electron chi connectivity index (χ3n) is 3.42. The molecule has 0 fully saturated rings. The summed E-state index contributed by atoms with van der Waals surface area (Å²) in [5.74, 6) is 0. The minimum Gasteiger partial charge on any atom is -0.330 e. The van der Waals surface area contributed by atoms with Crippen molar-refractivity contribution < 1.29 is 0 Å². The molecule has 92 valence electrons. The molecule has 1 aliphatic heterocycles. The summed E-state index contributed by atoms with van der Waals surface area (Å²) in [6.45, 7) is 1.95. The van der Waals surface area contributed by atoms with Gasteiger partial charge in [-0.25, -0.2) is 0 Å². The first-order valence-corrected chi connectivity index (χ1v) is 6.57. The van der Waals surface area contributed by atoms with E-state index in [0.29, 0.717) is 0 Å². The van der Waals surface area contributed by atoms with Crippen LogP contribution in [0.4, 0.5) is 5.69 Å². The highest BCUT2D eigenvalue weighted by Crippen LogP contribution is 2.37. The Hall–Kier alpha value is -1.45. The quantitative estimate of drug-likeness (QED) is 0.780. The number of benzene rings is 2. The molecule has 0 atom stereocenters. The van der Waals surface area contributed by atoms with Crippen molar-refractivity contribution in [1.29, 1.82) is 0 Å². The maximum Gasteiger partial charge on any atom is 0.114 e. The first-order chi connectivity index (χ1) is 8.68. The van der Waals surface area contributed by atoms with Crippen LogP contribution in [0.25, 0.3) is 10.8 Å². The summed E-state index contributed by atoms with van der Waals surface area (Å²) < 4.78 is 0. The first kappa shape index (κ1) is 11.6. The van der Waals surface area contributed by atoms with Crippen molar-refractivity contribution in [2.75, 3.05) is 32.1 Å². The molecular weight excluding hydrogens is 240 g/mol. The number of hydrogen-bond donors (Lipinski definition) is 0. The summed E-state index contributed by atoms with van der Waals surface area (Å²) in [6.07, 6.45) is 0. The van der Waals surface area contributed by atoms with E-state index in [2.05, 4.69) is 60.3 Å². The predicted molar refractivity (Wildman–Crippen MR) is 81.5 cm³/mol. The average molecular weight is 256 g/mol. The van der Waals surface area contributed by atoms with Crippen LogP contribution in [0, 0.1) is 0 Å². The average Bonchev–Trinajstić information content (AvgIpc) is 2.63. The molecule has 1 aliphatic rings. The van der Waals surface area contributed by atoms with Gasteiger partial charge in [-0.1, -0.05) is 42.5 Å². The van der Waals surface area contributed by atoms with Gasteiger partial charge in [-0.15, -0.1) is 0 Å². The molecule has 18 heavy (non-hydrogen) atoms. The van der Waals surface area contributed by atoms with Crippen LogP contribution in [0.5, 0.6) is 0 Å². The molecule has 1 heterocycles. The van der Waals surface area contributed by atoms with Gasteiger partial charge in [-0.3, -0.25) is 0 Å². The van der Waals surface area contributed by atoms with Crippen LogP contribution in [0.1, 0.15) is 5.56 Å². The van der Waals surface area contributed by atoms with E-state index in [1.807, 2.05) is 0 Å². The molecule has 2 aromatic carbocycles. The van der Waals surface area contributed by atoms with Crippen LogP contribution in [-0.4, -0.2) is 37.1 Å². The van der Waals surface area contributed by atoms with E-state index in [1.165, 1.54) is 22.0 Å². The topological polar surface area (TPSA) is 6.48 Å². The van der Waals surface area contributed by atoms with Gasteiger partial charge in [0.05, 0.1) is 5.69 Å². The number of anilines is 1. The molecule has 3 rings (SSSR count). The van der Waals surface area contributed by atoms with E-state index in [4.69, 9.17) is 12.2 Å². The number of thiocarbonyl (C=S) groups is 1. The van der Waals surface area contributed by atoms with Crippen molar-refractivity contribution in [2.45, 2.75) is 0 Å². The Morgan fingerprint density at radius 1 is 1.11 bits per heavy atom. The van der Waals surface area contributed by atoms with E-state index in [-0.39, 0.29) is 0 Å². The molecule has 2 aromatic rings. The second kappa shape index (κ2) is 4.34. The molecule has 0 saturated heterocycles. The standard InChI is InChI=1S/C15H16N2S/c1-16(2)9-10-17-13-8-4-6-11-5-3-7-12(14(11)13)15(17)18/h3-8H,9-10H2,1-2H3. The molecule has 0 saturated carbocycles. The lowest BCUT2D eigenvalue weighted by atomic mass is 10.1. The zero-order valence-electron chi connectivity index (χ0n) is 10.7. The third kappa shape index (κ3) is 1.71. The highest BCUT2D eigenvalue weighted by molar-refractivity contribution is 7.81. The first-order valence-electron chi connectivity index (χ1n) is 6.17. The molecule has 0 amide bonds. The number of nitrogens with zero attached hydrogens (tertiary/aromatic N) is 2. The van der Waals surface area contributed by atoms with E-state index >= 15 is 0 Å². The fourth-order valence-corrected chi connectivity index (χ4v) is 2.86. The molecule has 0 unspecified atom stereocenters. The van der Waals surface area contributed by atoms with Gasteiger partial charge < -0.3 is 9.80 Å². The van der Waals surface area contributed by atoms with Crippen molar-refractivity contribution in [3.8, 4) is 0 Å². The predicted octanol–water partition coefficient (Wildman–Crippen LogP) is 2.90. The van der Waals surface area contributed by atoms with Gasteiger partial charge in [0.1, 0.15) is 4.99 Å².